The van der Waals surface area contributed by atoms with Gasteiger partial charge in [-0.2, -0.15) is 0 Å². The molecule has 5 nitrogen and oxygen atoms in total. The lowest BCUT2D eigenvalue weighted by atomic mass is 9.88. The van der Waals surface area contributed by atoms with Crippen LogP contribution in [0.25, 0.3) is 0 Å². The first kappa shape index (κ1) is 8.99. The third kappa shape index (κ3) is 1.27. The fourth-order valence-electron chi connectivity index (χ4n) is 1.40. The Morgan fingerprint density at radius 3 is 2.33 bits per heavy atom. The Balaban J connectivity index is 2.84. The van der Waals surface area contributed by atoms with Gasteiger partial charge in [0, 0.05) is 0 Å². The van der Waals surface area contributed by atoms with Gasteiger partial charge in [0.05, 0.1) is 0 Å². The number of rotatable bonds is 2. The van der Waals surface area contributed by atoms with Gasteiger partial charge in [0.15, 0.2) is 5.54 Å². The molecule has 0 spiro atoms. The molecule has 12 heavy (non-hydrogen) atoms. The van der Waals surface area contributed by atoms with Crippen LogP contribution in [0.3, 0.4) is 0 Å². The molecule has 5 heteroatoms. The molecular weight excluding hydrogens is 160 g/mol. The van der Waals surface area contributed by atoms with E-state index in [1.165, 1.54) is 0 Å². The standard InChI is InChI=1S/C7H12N2O3/c8-5(10)7(6(11)12)3-1-2-4-9-7/h9H,1-4H2,(H2,8,10)(H,11,12). The van der Waals surface area contributed by atoms with Gasteiger partial charge < -0.3 is 10.8 Å². The topological polar surface area (TPSA) is 92.4 Å². The van der Waals surface area contributed by atoms with E-state index in [9.17, 15) is 9.59 Å². The second kappa shape index (κ2) is 3.10. The highest BCUT2D eigenvalue weighted by molar-refractivity contribution is 6.06. The minimum Gasteiger partial charge on any atom is -0.479 e. The Labute approximate surface area is 69.9 Å². The van der Waals surface area contributed by atoms with Gasteiger partial charge in [-0.05, 0) is 25.8 Å². The molecule has 1 amide bonds. The van der Waals surface area contributed by atoms with Crippen molar-refractivity contribution in [1.82, 2.24) is 5.32 Å². The van der Waals surface area contributed by atoms with Crippen LogP contribution in [0.5, 0.6) is 0 Å². The zero-order valence-electron chi connectivity index (χ0n) is 6.67. The summed E-state index contributed by atoms with van der Waals surface area (Å²) in [7, 11) is 0. The summed E-state index contributed by atoms with van der Waals surface area (Å²) in [5.74, 6) is -1.97. The summed E-state index contributed by atoms with van der Waals surface area (Å²) in [4.78, 5) is 21.7. The second-order valence-electron chi connectivity index (χ2n) is 2.96. The van der Waals surface area contributed by atoms with Crippen molar-refractivity contribution in [2.45, 2.75) is 24.8 Å². The van der Waals surface area contributed by atoms with Crippen LogP contribution in [0.4, 0.5) is 0 Å². The molecular formula is C7H12N2O3. The van der Waals surface area contributed by atoms with Crippen molar-refractivity contribution in [2.24, 2.45) is 5.73 Å². The molecule has 0 aromatic heterocycles. The van der Waals surface area contributed by atoms with Crippen LogP contribution in [0, 0.1) is 0 Å². The van der Waals surface area contributed by atoms with Crippen LogP contribution in [0.2, 0.25) is 0 Å². The van der Waals surface area contributed by atoms with E-state index in [-0.39, 0.29) is 6.42 Å². The number of primary amides is 1. The van der Waals surface area contributed by atoms with E-state index in [0.717, 1.165) is 12.8 Å². The first-order valence-corrected chi connectivity index (χ1v) is 3.88. The van der Waals surface area contributed by atoms with Gasteiger partial charge in [0.25, 0.3) is 0 Å². The zero-order chi connectivity index (χ0) is 9.19. The largest absolute Gasteiger partial charge is 0.479 e. The minimum absolute atomic E-state index is 0.289. The lowest BCUT2D eigenvalue weighted by Gasteiger charge is -2.30. The monoisotopic (exact) mass is 172 g/mol. The van der Waals surface area contributed by atoms with Crippen molar-refractivity contribution in [3.63, 3.8) is 0 Å². The van der Waals surface area contributed by atoms with Crippen molar-refractivity contribution in [3.05, 3.63) is 0 Å². The zero-order valence-corrected chi connectivity index (χ0v) is 6.67. The highest BCUT2D eigenvalue weighted by Gasteiger charge is 2.45. The molecule has 1 atom stereocenters. The van der Waals surface area contributed by atoms with Crippen LogP contribution in [-0.2, 0) is 9.59 Å². The smallest absolute Gasteiger partial charge is 0.333 e. The molecule has 1 unspecified atom stereocenters. The first-order valence-electron chi connectivity index (χ1n) is 3.88. The van der Waals surface area contributed by atoms with E-state index in [1.807, 2.05) is 0 Å². The molecule has 1 saturated heterocycles. The van der Waals surface area contributed by atoms with Gasteiger partial charge in [0.2, 0.25) is 5.91 Å². The molecule has 0 saturated carbocycles. The van der Waals surface area contributed by atoms with E-state index < -0.39 is 17.4 Å². The number of amides is 1. The highest BCUT2D eigenvalue weighted by Crippen LogP contribution is 2.18. The van der Waals surface area contributed by atoms with Crippen LogP contribution in [-0.4, -0.2) is 29.1 Å². The van der Waals surface area contributed by atoms with E-state index in [0.29, 0.717) is 6.54 Å². The average Bonchev–Trinajstić information content (AvgIpc) is 2.05. The van der Waals surface area contributed by atoms with Gasteiger partial charge in [-0.25, -0.2) is 4.79 Å². The molecule has 1 aliphatic rings. The van der Waals surface area contributed by atoms with Gasteiger partial charge >= 0.3 is 5.97 Å². The van der Waals surface area contributed by atoms with Crippen molar-refractivity contribution < 1.29 is 14.7 Å². The predicted octanol–water partition coefficient (Wildman–Crippen LogP) is -0.931. The van der Waals surface area contributed by atoms with Crippen LogP contribution < -0.4 is 11.1 Å². The quantitative estimate of drug-likeness (QED) is 0.469. The Morgan fingerprint density at radius 1 is 1.42 bits per heavy atom. The normalized spacial score (nSPS) is 29.7. The van der Waals surface area contributed by atoms with Gasteiger partial charge in [-0.15, -0.1) is 0 Å². The number of nitrogens with one attached hydrogen (secondary N) is 1. The summed E-state index contributed by atoms with van der Waals surface area (Å²) in [6.45, 7) is 0.537. The Morgan fingerprint density at radius 2 is 2.08 bits per heavy atom. The molecule has 0 aliphatic carbocycles. The minimum atomic E-state index is -1.52. The van der Waals surface area contributed by atoms with Crippen LogP contribution in [0.15, 0.2) is 0 Å². The van der Waals surface area contributed by atoms with E-state index in [1.54, 1.807) is 0 Å². The van der Waals surface area contributed by atoms with E-state index in [2.05, 4.69) is 5.32 Å². The van der Waals surface area contributed by atoms with Gasteiger partial charge in [-0.3, -0.25) is 10.1 Å². The molecule has 1 rings (SSSR count). The molecule has 0 radical (unpaired) electrons. The number of carboxylic acid groups (broad SMARTS) is 1. The summed E-state index contributed by atoms with van der Waals surface area (Å²) in [6, 6.07) is 0. The number of piperidine rings is 1. The molecule has 1 aliphatic heterocycles. The highest BCUT2D eigenvalue weighted by atomic mass is 16.4. The van der Waals surface area contributed by atoms with Crippen LogP contribution >= 0.6 is 0 Å². The third-order valence-corrected chi connectivity index (χ3v) is 2.19. The molecule has 0 aromatic rings. The van der Waals surface area contributed by atoms with Gasteiger partial charge in [-0.1, -0.05) is 0 Å². The number of carboxylic acids is 1. The summed E-state index contributed by atoms with van der Waals surface area (Å²) in [5, 5.41) is 11.5. The lowest BCUT2D eigenvalue weighted by Crippen LogP contribution is -2.62. The molecule has 1 fully saturated rings. The number of carbonyl (C=O) groups is 2. The third-order valence-electron chi connectivity index (χ3n) is 2.19. The predicted molar refractivity (Wildman–Crippen MR) is 41.4 cm³/mol. The summed E-state index contributed by atoms with van der Waals surface area (Å²) in [6.07, 6.45) is 1.90. The van der Waals surface area contributed by atoms with Crippen LogP contribution in [0.1, 0.15) is 19.3 Å². The number of carbonyl (C=O) groups excluding carboxylic acids is 1. The molecule has 0 aromatic carbocycles. The maximum Gasteiger partial charge on any atom is 0.333 e. The molecule has 68 valence electrons. The molecule has 1 heterocycles. The fourth-order valence-corrected chi connectivity index (χ4v) is 1.40. The summed E-state index contributed by atoms with van der Waals surface area (Å²) >= 11 is 0. The maximum absolute atomic E-state index is 10.9. The summed E-state index contributed by atoms with van der Waals surface area (Å²) < 4.78 is 0. The van der Waals surface area contributed by atoms with Gasteiger partial charge in [0.1, 0.15) is 0 Å². The Hall–Kier alpha value is -1.10. The second-order valence-corrected chi connectivity index (χ2v) is 2.96. The van der Waals surface area contributed by atoms with E-state index >= 15 is 0 Å². The SMILES string of the molecule is NC(=O)C1(C(=O)O)CCCCN1. The number of aliphatic carboxylic acids is 1. The number of hydrogen-bond acceptors (Lipinski definition) is 3. The fraction of sp³-hybridized carbons (Fsp3) is 0.714. The Kier molecular flexibility index (Phi) is 2.32. The molecule has 0 bridgehead atoms. The average molecular weight is 172 g/mol. The van der Waals surface area contributed by atoms with E-state index in [4.69, 9.17) is 10.8 Å². The van der Waals surface area contributed by atoms with Crippen molar-refractivity contribution >= 4 is 11.9 Å². The lowest BCUT2D eigenvalue weighted by molar-refractivity contribution is -0.151. The number of hydrogen-bond donors (Lipinski definition) is 3. The number of nitrogens with two attached hydrogens (primary N) is 1. The molecule has 4 N–H and O–H groups in total. The first-order chi connectivity index (χ1) is 5.59. The van der Waals surface area contributed by atoms with Crippen molar-refractivity contribution in [3.8, 4) is 0 Å². The summed E-state index contributed by atoms with van der Waals surface area (Å²) in [5.41, 5.74) is 3.51. The van der Waals surface area contributed by atoms with Crippen molar-refractivity contribution in [1.29, 1.82) is 0 Å². The Bertz CT molecular complexity index is 193. The van der Waals surface area contributed by atoms with Crippen molar-refractivity contribution in [2.75, 3.05) is 6.54 Å². The maximum atomic E-state index is 10.9.